The summed E-state index contributed by atoms with van der Waals surface area (Å²) in [4.78, 5) is 0. The Morgan fingerprint density at radius 1 is 1.32 bits per heavy atom. The summed E-state index contributed by atoms with van der Waals surface area (Å²) in [7, 11) is 0. The number of fused-ring (bicyclic) bond motifs is 1. The van der Waals surface area contributed by atoms with Gasteiger partial charge in [-0.2, -0.15) is 11.8 Å². The van der Waals surface area contributed by atoms with Gasteiger partial charge in [0.2, 0.25) is 0 Å². The van der Waals surface area contributed by atoms with E-state index in [1.54, 1.807) is 6.07 Å². The van der Waals surface area contributed by atoms with Crippen LogP contribution < -0.4 is 5.32 Å². The lowest BCUT2D eigenvalue weighted by molar-refractivity contribution is 0.463. The van der Waals surface area contributed by atoms with Gasteiger partial charge in [-0.3, -0.25) is 0 Å². The highest BCUT2D eigenvalue weighted by Gasteiger charge is 2.15. The molecule has 1 aromatic heterocycles. The van der Waals surface area contributed by atoms with Crippen LogP contribution in [0.25, 0.3) is 11.0 Å². The van der Waals surface area contributed by atoms with Gasteiger partial charge in [0.15, 0.2) is 0 Å². The molecule has 0 amide bonds. The summed E-state index contributed by atoms with van der Waals surface area (Å²) in [5.74, 6) is 2.80. The van der Waals surface area contributed by atoms with E-state index in [4.69, 9.17) is 4.42 Å². The van der Waals surface area contributed by atoms with E-state index in [1.807, 2.05) is 17.8 Å². The second-order valence-electron chi connectivity index (χ2n) is 4.52. The van der Waals surface area contributed by atoms with Gasteiger partial charge in [-0.05, 0) is 43.0 Å². The summed E-state index contributed by atoms with van der Waals surface area (Å²) in [6.45, 7) is 5.15. The molecule has 19 heavy (non-hydrogen) atoms. The second kappa shape index (κ2) is 6.96. The van der Waals surface area contributed by atoms with E-state index >= 15 is 0 Å². The average molecular weight is 281 g/mol. The van der Waals surface area contributed by atoms with Crippen LogP contribution in [0.3, 0.4) is 0 Å². The smallest absolute Gasteiger partial charge is 0.134 e. The van der Waals surface area contributed by atoms with Gasteiger partial charge in [-0.15, -0.1) is 0 Å². The monoisotopic (exact) mass is 281 g/mol. The molecule has 0 aliphatic carbocycles. The molecule has 1 atom stereocenters. The molecule has 4 heteroatoms. The molecule has 2 nitrogen and oxygen atoms in total. The first kappa shape index (κ1) is 14.4. The molecule has 1 heterocycles. The molecule has 0 saturated carbocycles. The van der Waals surface area contributed by atoms with E-state index in [2.05, 4.69) is 19.2 Å². The normalized spacial score (nSPS) is 13.0. The Kier molecular flexibility index (Phi) is 5.28. The minimum atomic E-state index is -0.222. The fourth-order valence-electron chi connectivity index (χ4n) is 2.04. The predicted molar refractivity (Wildman–Crippen MR) is 80.2 cm³/mol. The first-order valence-corrected chi connectivity index (χ1v) is 7.90. The van der Waals surface area contributed by atoms with Crippen LogP contribution in [0.5, 0.6) is 0 Å². The minimum Gasteiger partial charge on any atom is -0.459 e. The van der Waals surface area contributed by atoms with Crippen molar-refractivity contribution in [1.29, 1.82) is 0 Å². The summed E-state index contributed by atoms with van der Waals surface area (Å²) in [5, 5.41) is 4.26. The zero-order valence-electron chi connectivity index (χ0n) is 11.4. The Balaban J connectivity index is 2.17. The van der Waals surface area contributed by atoms with Crippen LogP contribution in [0.1, 0.15) is 32.1 Å². The number of hydrogen-bond donors (Lipinski definition) is 1. The molecule has 0 aliphatic rings. The third-order valence-corrected chi connectivity index (χ3v) is 4.19. The van der Waals surface area contributed by atoms with Gasteiger partial charge >= 0.3 is 0 Å². The van der Waals surface area contributed by atoms with Gasteiger partial charge in [0, 0.05) is 11.1 Å². The van der Waals surface area contributed by atoms with Gasteiger partial charge in [0.1, 0.15) is 17.2 Å². The van der Waals surface area contributed by atoms with E-state index in [0.717, 1.165) is 34.8 Å². The number of furan rings is 1. The standard InChI is InChI=1S/C15H20FNOS/c1-3-7-19-10-13(17-4-2)15-9-11-8-12(16)5-6-14(11)18-15/h5-6,8-9,13,17H,3-4,7,10H2,1-2H3. The van der Waals surface area contributed by atoms with Gasteiger partial charge in [0.05, 0.1) is 6.04 Å². The van der Waals surface area contributed by atoms with Gasteiger partial charge in [0.25, 0.3) is 0 Å². The highest BCUT2D eigenvalue weighted by atomic mass is 32.2. The first-order chi connectivity index (χ1) is 9.24. The van der Waals surface area contributed by atoms with E-state index in [1.165, 1.54) is 18.6 Å². The third-order valence-electron chi connectivity index (χ3n) is 2.92. The number of thioether (sulfide) groups is 1. The summed E-state index contributed by atoms with van der Waals surface area (Å²) in [6.07, 6.45) is 1.18. The largest absolute Gasteiger partial charge is 0.459 e. The molecule has 0 aliphatic heterocycles. The minimum absolute atomic E-state index is 0.192. The molecule has 1 N–H and O–H groups in total. The van der Waals surface area contributed by atoms with Crippen molar-refractivity contribution in [2.45, 2.75) is 26.3 Å². The molecule has 104 valence electrons. The molecular formula is C15H20FNOS. The van der Waals surface area contributed by atoms with Crippen molar-refractivity contribution >= 4 is 22.7 Å². The maximum atomic E-state index is 13.2. The molecule has 0 bridgehead atoms. The van der Waals surface area contributed by atoms with Crippen LogP contribution in [-0.4, -0.2) is 18.1 Å². The Morgan fingerprint density at radius 3 is 2.89 bits per heavy atom. The van der Waals surface area contributed by atoms with Crippen molar-refractivity contribution in [3.8, 4) is 0 Å². The zero-order chi connectivity index (χ0) is 13.7. The fourth-order valence-corrected chi connectivity index (χ4v) is 3.01. The van der Waals surface area contributed by atoms with Crippen molar-refractivity contribution in [1.82, 2.24) is 5.32 Å². The van der Waals surface area contributed by atoms with E-state index < -0.39 is 0 Å². The summed E-state index contributed by atoms with van der Waals surface area (Å²) in [6, 6.07) is 6.78. The summed E-state index contributed by atoms with van der Waals surface area (Å²) >= 11 is 1.91. The number of rotatable bonds is 7. The van der Waals surface area contributed by atoms with Crippen LogP contribution in [0.2, 0.25) is 0 Å². The Bertz CT molecular complexity index is 526. The molecule has 1 aromatic carbocycles. The molecule has 0 fully saturated rings. The van der Waals surface area contributed by atoms with E-state index in [9.17, 15) is 4.39 Å². The fraction of sp³-hybridized carbons (Fsp3) is 0.467. The zero-order valence-corrected chi connectivity index (χ0v) is 12.2. The van der Waals surface area contributed by atoms with Gasteiger partial charge in [-0.25, -0.2) is 4.39 Å². The predicted octanol–water partition coefficient (Wildman–Crippen LogP) is 4.37. The van der Waals surface area contributed by atoms with Crippen molar-refractivity contribution in [3.63, 3.8) is 0 Å². The van der Waals surface area contributed by atoms with Crippen molar-refractivity contribution in [2.24, 2.45) is 0 Å². The first-order valence-electron chi connectivity index (χ1n) is 6.74. The van der Waals surface area contributed by atoms with Crippen molar-refractivity contribution in [3.05, 3.63) is 35.8 Å². The topological polar surface area (TPSA) is 25.2 Å². The molecule has 1 unspecified atom stereocenters. The average Bonchev–Trinajstić information content (AvgIpc) is 2.80. The Hall–Kier alpha value is -1.00. The highest BCUT2D eigenvalue weighted by Crippen LogP contribution is 2.26. The maximum absolute atomic E-state index is 13.2. The van der Waals surface area contributed by atoms with Crippen LogP contribution in [0.4, 0.5) is 4.39 Å². The third kappa shape index (κ3) is 3.74. The Morgan fingerprint density at radius 2 is 2.16 bits per heavy atom. The van der Waals surface area contributed by atoms with E-state index in [-0.39, 0.29) is 11.9 Å². The quantitative estimate of drug-likeness (QED) is 0.763. The van der Waals surface area contributed by atoms with Gasteiger partial charge in [-0.1, -0.05) is 13.8 Å². The molecule has 0 spiro atoms. The molecule has 0 radical (unpaired) electrons. The van der Waals surface area contributed by atoms with Crippen LogP contribution >= 0.6 is 11.8 Å². The number of benzene rings is 1. The maximum Gasteiger partial charge on any atom is 0.134 e. The molecule has 2 rings (SSSR count). The second-order valence-corrected chi connectivity index (χ2v) is 5.67. The molecule has 0 saturated heterocycles. The SMILES string of the molecule is CCCSCC(NCC)c1cc2cc(F)ccc2o1. The Labute approximate surface area is 117 Å². The number of halogens is 1. The lowest BCUT2D eigenvalue weighted by Crippen LogP contribution is -2.22. The van der Waals surface area contributed by atoms with E-state index in [0.29, 0.717) is 0 Å². The summed E-state index contributed by atoms with van der Waals surface area (Å²) < 4.78 is 19.0. The molecular weight excluding hydrogens is 261 g/mol. The van der Waals surface area contributed by atoms with Crippen LogP contribution in [0.15, 0.2) is 28.7 Å². The van der Waals surface area contributed by atoms with Gasteiger partial charge < -0.3 is 9.73 Å². The number of nitrogens with one attached hydrogen (secondary N) is 1. The number of hydrogen-bond acceptors (Lipinski definition) is 3. The van der Waals surface area contributed by atoms with Crippen LogP contribution in [-0.2, 0) is 0 Å². The van der Waals surface area contributed by atoms with Crippen LogP contribution in [0, 0.1) is 5.82 Å². The highest BCUT2D eigenvalue weighted by molar-refractivity contribution is 7.99. The summed E-state index contributed by atoms with van der Waals surface area (Å²) in [5.41, 5.74) is 0.750. The van der Waals surface area contributed by atoms with Crippen molar-refractivity contribution in [2.75, 3.05) is 18.1 Å². The lowest BCUT2D eigenvalue weighted by atomic mass is 10.2. The molecule has 2 aromatic rings. The lowest BCUT2D eigenvalue weighted by Gasteiger charge is -2.14. The van der Waals surface area contributed by atoms with Crippen molar-refractivity contribution < 1.29 is 8.81 Å².